The highest BCUT2D eigenvalue weighted by Gasteiger charge is 2.57. The Morgan fingerprint density at radius 1 is 0.931 bits per heavy atom. The fraction of sp³-hybridized carbons (Fsp3) is 0.767. The highest BCUT2D eigenvalue weighted by Crippen LogP contribution is 2.47. The first-order chi connectivity index (χ1) is 27.7. The molecular weight excluding hydrogens is 756 g/mol. The molecule has 0 aliphatic carbocycles. The van der Waals surface area contributed by atoms with E-state index in [2.05, 4.69) is 13.5 Å². The number of aliphatic hydroxyl groups excluding tert-OH is 2. The fourth-order valence-corrected chi connectivity index (χ4v) is 8.08. The molecule has 3 saturated heterocycles. The van der Waals surface area contributed by atoms with Crippen LogP contribution in [-0.4, -0.2) is 120 Å². The zero-order valence-electron chi connectivity index (χ0n) is 34.7. The number of cyclic esters (lactones) is 1. The van der Waals surface area contributed by atoms with Crippen LogP contribution in [0.3, 0.4) is 0 Å². The fourth-order valence-electron chi connectivity index (χ4n) is 8.08. The maximum absolute atomic E-state index is 13.4. The minimum absolute atomic E-state index is 0.0449. The molecule has 15 heteroatoms. The van der Waals surface area contributed by atoms with Crippen LogP contribution in [0.25, 0.3) is 0 Å². The molecule has 2 unspecified atom stereocenters. The normalized spacial score (nSPS) is 34.5. The van der Waals surface area contributed by atoms with Crippen LogP contribution >= 0.6 is 0 Å². The number of rotatable bonds is 13. The molecule has 58 heavy (non-hydrogen) atoms. The van der Waals surface area contributed by atoms with Crippen LogP contribution in [0, 0.1) is 5.41 Å². The van der Waals surface area contributed by atoms with E-state index in [1.54, 1.807) is 26.0 Å². The lowest BCUT2D eigenvalue weighted by Gasteiger charge is -2.51. The number of ether oxygens (including phenoxy) is 8. The van der Waals surface area contributed by atoms with E-state index in [1.165, 1.54) is 13.2 Å². The van der Waals surface area contributed by atoms with Crippen LogP contribution < -0.4 is 0 Å². The molecule has 0 radical (unpaired) electrons. The van der Waals surface area contributed by atoms with Crippen LogP contribution in [-0.2, 0) is 57.1 Å². The van der Waals surface area contributed by atoms with Crippen molar-refractivity contribution in [1.82, 2.24) is 0 Å². The van der Waals surface area contributed by atoms with Gasteiger partial charge in [0, 0.05) is 43.6 Å². The largest absolute Gasteiger partial charge is 0.466 e. The highest BCUT2D eigenvalue weighted by molar-refractivity contribution is 5.83. The van der Waals surface area contributed by atoms with E-state index < -0.39 is 84.6 Å². The SMILES string of the molecule is C=CCOC(=O)C[C@H]1CC2C[C@H]3CCCC(C[C@@H](O)CC(=O)O[C@@H](CO)C[C@@H]4C/C(=C\C(=O)OC)[C@H](OC(=O)CCCCCCC)[C@@](O)(O4)C(C)(C)/C=C/[C@H](O2)O1)O3. The first-order valence-electron chi connectivity index (χ1n) is 21.0. The Bertz CT molecular complexity index is 1430. The summed E-state index contributed by atoms with van der Waals surface area (Å²) < 4.78 is 47.3. The number of carbonyl (C=O) groups excluding carboxylic acids is 4. The summed E-state index contributed by atoms with van der Waals surface area (Å²) >= 11 is 0. The summed E-state index contributed by atoms with van der Waals surface area (Å²) in [6.07, 6.45) is 5.95. The van der Waals surface area contributed by atoms with Crippen LogP contribution in [0.15, 0.2) is 36.5 Å². The number of methoxy groups -OCH3 is 1. The monoisotopic (exact) mass is 822 g/mol. The lowest BCUT2D eigenvalue weighted by molar-refractivity contribution is -0.327. The molecule has 0 spiro atoms. The molecular formula is C43H66O15. The molecule has 0 aromatic heterocycles. The van der Waals surface area contributed by atoms with Crippen molar-refractivity contribution in [2.24, 2.45) is 5.41 Å². The standard InChI is InChI=1S/C43H66O15/c1-6-8-9-10-11-15-36(46)57-41-28(20-37(47)51-5)19-34-25-35(27-44)54-39(49)22-29(45)21-30-13-12-14-31(53-30)23-32-24-33(26-38(48)52-18-7-2)56-40(55-32)16-17-42(3,4)43(41,50)58-34/h7,16-17,20,29-35,40-41,44-45,50H,2,6,8-15,18-19,21-27H2,1,3-5H3/b17-16+,28-20+/t29-,30?,31-,32?,33-,34+,35-,40-,41+,43-/m1/s1. The summed E-state index contributed by atoms with van der Waals surface area (Å²) in [6, 6.07) is 0. The van der Waals surface area contributed by atoms with E-state index in [1.807, 2.05) is 0 Å². The predicted octanol–water partition coefficient (Wildman–Crippen LogP) is 4.81. The molecule has 328 valence electrons. The van der Waals surface area contributed by atoms with Crippen LogP contribution in [0.5, 0.6) is 0 Å². The molecule has 4 rings (SSSR count). The molecule has 0 aromatic rings. The van der Waals surface area contributed by atoms with Gasteiger partial charge in [0.1, 0.15) is 12.7 Å². The van der Waals surface area contributed by atoms with E-state index >= 15 is 0 Å². The van der Waals surface area contributed by atoms with Crippen molar-refractivity contribution in [3.05, 3.63) is 36.5 Å². The van der Waals surface area contributed by atoms with Gasteiger partial charge in [0.2, 0.25) is 5.79 Å². The quantitative estimate of drug-likeness (QED) is 0.0750. The summed E-state index contributed by atoms with van der Waals surface area (Å²) in [5.74, 6) is -4.90. The van der Waals surface area contributed by atoms with Gasteiger partial charge in [-0.3, -0.25) is 14.4 Å². The number of aliphatic hydroxyl groups is 3. The molecule has 4 aliphatic heterocycles. The summed E-state index contributed by atoms with van der Waals surface area (Å²) in [5, 5.41) is 34.0. The van der Waals surface area contributed by atoms with Crippen molar-refractivity contribution in [3.63, 3.8) is 0 Å². The Morgan fingerprint density at radius 2 is 1.66 bits per heavy atom. The lowest BCUT2D eigenvalue weighted by Crippen LogP contribution is -2.62. The van der Waals surface area contributed by atoms with Crippen molar-refractivity contribution in [1.29, 1.82) is 0 Å². The topological polar surface area (TPSA) is 203 Å². The molecule has 0 saturated carbocycles. The van der Waals surface area contributed by atoms with Crippen LogP contribution in [0.2, 0.25) is 0 Å². The zero-order valence-corrected chi connectivity index (χ0v) is 34.7. The molecule has 15 nitrogen and oxygen atoms in total. The Labute approximate surface area is 342 Å². The molecule has 10 atom stereocenters. The van der Waals surface area contributed by atoms with E-state index in [0.29, 0.717) is 25.7 Å². The average molecular weight is 823 g/mol. The Kier molecular flexibility index (Phi) is 18.8. The maximum Gasteiger partial charge on any atom is 0.330 e. The van der Waals surface area contributed by atoms with Crippen LogP contribution in [0.1, 0.15) is 124 Å². The second kappa shape index (κ2) is 23.0. The maximum atomic E-state index is 13.4. The van der Waals surface area contributed by atoms with Gasteiger partial charge in [0.15, 0.2) is 12.4 Å². The number of unbranched alkanes of at least 4 members (excludes halogenated alkanes) is 4. The van der Waals surface area contributed by atoms with Crippen molar-refractivity contribution in [3.8, 4) is 0 Å². The van der Waals surface area contributed by atoms with Gasteiger partial charge in [-0.1, -0.05) is 65.2 Å². The van der Waals surface area contributed by atoms with Crippen molar-refractivity contribution >= 4 is 23.9 Å². The molecule has 4 heterocycles. The average Bonchev–Trinajstić information content (AvgIpc) is 3.16. The van der Waals surface area contributed by atoms with Crippen molar-refractivity contribution in [2.75, 3.05) is 20.3 Å². The van der Waals surface area contributed by atoms with E-state index in [-0.39, 0.29) is 62.9 Å². The Morgan fingerprint density at radius 3 is 2.36 bits per heavy atom. The van der Waals surface area contributed by atoms with E-state index in [9.17, 15) is 34.5 Å². The van der Waals surface area contributed by atoms with Crippen molar-refractivity contribution in [2.45, 2.75) is 184 Å². The van der Waals surface area contributed by atoms with Gasteiger partial charge in [0.05, 0.1) is 63.2 Å². The third kappa shape index (κ3) is 14.2. The summed E-state index contributed by atoms with van der Waals surface area (Å²) in [4.78, 5) is 52.0. The Hall–Kier alpha value is -3.18. The molecule has 6 bridgehead atoms. The van der Waals surface area contributed by atoms with Gasteiger partial charge in [-0.2, -0.15) is 0 Å². The number of carbonyl (C=O) groups is 4. The summed E-state index contributed by atoms with van der Waals surface area (Å²) in [6.45, 7) is 8.47. The first-order valence-corrected chi connectivity index (χ1v) is 21.0. The molecule has 3 fully saturated rings. The van der Waals surface area contributed by atoms with Gasteiger partial charge < -0.3 is 53.2 Å². The zero-order chi connectivity index (χ0) is 42.3. The Balaban J connectivity index is 1.74. The smallest absolute Gasteiger partial charge is 0.330 e. The lowest BCUT2D eigenvalue weighted by atomic mass is 9.74. The minimum Gasteiger partial charge on any atom is -0.466 e. The van der Waals surface area contributed by atoms with Gasteiger partial charge in [-0.15, -0.1) is 0 Å². The first kappa shape index (κ1) is 47.5. The van der Waals surface area contributed by atoms with E-state index in [0.717, 1.165) is 44.6 Å². The number of fused-ring (bicyclic) bond motifs is 6. The van der Waals surface area contributed by atoms with Crippen molar-refractivity contribution < 1.29 is 72.4 Å². The third-order valence-electron chi connectivity index (χ3n) is 11.2. The number of hydrogen-bond donors (Lipinski definition) is 3. The van der Waals surface area contributed by atoms with Gasteiger partial charge >= 0.3 is 23.9 Å². The van der Waals surface area contributed by atoms with Crippen LogP contribution in [0.4, 0.5) is 0 Å². The number of esters is 4. The molecule has 0 amide bonds. The second-order valence-corrected chi connectivity index (χ2v) is 16.5. The highest BCUT2D eigenvalue weighted by atomic mass is 16.7. The van der Waals surface area contributed by atoms with Gasteiger partial charge in [0.25, 0.3) is 0 Å². The van der Waals surface area contributed by atoms with Gasteiger partial charge in [-0.05, 0) is 43.8 Å². The molecule has 3 N–H and O–H groups in total. The minimum atomic E-state index is -2.35. The predicted molar refractivity (Wildman–Crippen MR) is 209 cm³/mol. The second-order valence-electron chi connectivity index (χ2n) is 16.5. The number of hydrogen-bond acceptors (Lipinski definition) is 15. The third-order valence-corrected chi connectivity index (χ3v) is 11.2. The summed E-state index contributed by atoms with van der Waals surface area (Å²) in [7, 11) is 1.20. The van der Waals surface area contributed by atoms with Gasteiger partial charge in [-0.25, -0.2) is 4.79 Å². The molecule has 0 aromatic carbocycles. The summed E-state index contributed by atoms with van der Waals surface area (Å²) in [5.41, 5.74) is -1.22. The van der Waals surface area contributed by atoms with E-state index in [4.69, 9.17) is 37.9 Å². The molecule has 4 aliphatic rings.